The van der Waals surface area contributed by atoms with Gasteiger partial charge in [-0.05, 0) is 6.42 Å². The van der Waals surface area contributed by atoms with Gasteiger partial charge in [-0.25, -0.2) is 0 Å². The summed E-state index contributed by atoms with van der Waals surface area (Å²) in [5, 5.41) is 3.12. The average Bonchev–Trinajstić information content (AvgIpc) is 2.71. The van der Waals surface area contributed by atoms with Crippen molar-refractivity contribution < 1.29 is 9.53 Å². The zero-order chi connectivity index (χ0) is 10.4. The average molecular weight is 214 g/mol. The van der Waals surface area contributed by atoms with Gasteiger partial charge in [-0.1, -0.05) is 6.92 Å². The van der Waals surface area contributed by atoms with Crippen molar-refractivity contribution in [2.24, 2.45) is 0 Å². The van der Waals surface area contributed by atoms with Crippen molar-refractivity contribution in [1.82, 2.24) is 10.3 Å². The van der Waals surface area contributed by atoms with E-state index < -0.39 is 0 Å². The summed E-state index contributed by atoms with van der Waals surface area (Å²) < 4.78 is 4.66. The zero-order valence-electron chi connectivity index (χ0n) is 8.32. The molecule has 1 atom stereocenters. The second-order valence-electron chi connectivity index (χ2n) is 2.83. The maximum atomic E-state index is 11.2. The number of nitrogens with one attached hydrogen (secondary N) is 1. The highest BCUT2D eigenvalue weighted by Crippen LogP contribution is 2.05. The predicted octanol–water partition coefficient (Wildman–Crippen LogP) is 1.18. The Balaban J connectivity index is 2.38. The van der Waals surface area contributed by atoms with E-state index in [1.807, 2.05) is 6.92 Å². The lowest BCUT2D eigenvalue weighted by Crippen LogP contribution is -2.36. The minimum atomic E-state index is -0.220. The lowest BCUT2D eigenvalue weighted by atomic mass is 10.2. The zero-order valence-corrected chi connectivity index (χ0v) is 9.13. The Kier molecular flexibility index (Phi) is 4.55. The largest absolute Gasteiger partial charge is 0.468 e. The molecule has 1 rings (SSSR count). The summed E-state index contributed by atoms with van der Waals surface area (Å²) in [5.74, 6) is -0.211. The van der Waals surface area contributed by atoms with Gasteiger partial charge in [-0.15, -0.1) is 11.3 Å². The molecule has 0 aliphatic heterocycles. The van der Waals surface area contributed by atoms with E-state index in [4.69, 9.17) is 0 Å². The summed E-state index contributed by atoms with van der Waals surface area (Å²) in [6.45, 7) is 2.61. The first-order chi connectivity index (χ1) is 6.77. The van der Waals surface area contributed by atoms with Crippen LogP contribution in [0.25, 0.3) is 0 Å². The molecule has 0 amide bonds. The highest BCUT2D eigenvalue weighted by Gasteiger charge is 2.15. The molecule has 0 aliphatic carbocycles. The number of esters is 1. The Morgan fingerprint density at radius 2 is 2.57 bits per heavy atom. The monoisotopic (exact) mass is 214 g/mol. The van der Waals surface area contributed by atoms with Gasteiger partial charge in [-0.2, -0.15) is 0 Å². The summed E-state index contributed by atoms with van der Waals surface area (Å²) in [7, 11) is 1.40. The number of ether oxygens (including phenoxy) is 1. The second kappa shape index (κ2) is 5.72. The summed E-state index contributed by atoms with van der Waals surface area (Å²) >= 11 is 1.57. The molecule has 1 N–H and O–H groups in total. The van der Waals surface area contributed by atoms with Gasteiger partial charge in [0.1, 0.15) is 6.04 Å². The lowest BCUT2D eigenvalue weighted by Gasteiger charge is -2.13. The van der Waals surface area contributed by atoms with Crippen LogP contribution in [-0.4, -0.2) is 24.1 Å². The minimum Gasteiger partial charge on any atom is -0.468 e. The van der Waals surface area contributed by atoms with Crippen molar-refractivity contribution in [2.75, 3.05) is 7.11 Å². The van der Waals surface area contributed by atoms with Crippen molar-refractivity contribution >= 4 is 17.3 Å². The standard InChI is InChI=1S/C9H14N2O2S/c1-3-8(9(12)13-2)11-5-7-4-10-6-14-7/h4,6,8,11H,3,5H2,1-2H3. The van der Waals surface area contributed by atoms with Crippen molar-refractivity contribution in [3.63, 3.8) is 0 Å². The van der Waals surface area contributed by atoms with Crippen LogP contribution in [0.5, 0.6) is 0 Å². The minimum absolute atomic E-state index is 0.211. The Hall–Kier alpha value is -0.940. The normalized spacial score (nSPS) is 12.4. The molecule has 1 heterocycles. The predicted molar refractivity (Wildman–Crippen MR) is 55.0 cm³/mol. The van der Waals surface area contributed by atoms with E-state index in [9.17, 15) is 4.79 Å². The molecule has 1 unspecified atom stereocenters. The molecule has 0 radical (unpaired) electrons. The Bertz CT molecular complexity index is 274. The number of methoxy groups -OCH3 is 1. The first-order valence-electron chi connectivity index (χ1n) is 4.46. The number of hydrogen-bond donors (Lipinski definition) is 1. The first kappa shape index (κ1) is 11.1. The molecular formula is C9H14N2O2S. The fraction of sp³-hybridized carbons (Fsp3) is 0.556. The highest BCUT2D eigenvalue weighted by molar-refractivity contribution is 7.09. The quantitative estimate of drug-likeness (QED) is 0.748. The van der Waals surface area contributed by atoms with Gasteiger partial charge in [0.05, 0.1) is 12.6 Å². The van der Waals surface area contributed by atoms with Crippen molar-refractivity contribution in [2.45, 2.75) is 25.9 Å². The molecule has 0 spiro atoms. The van der Waals surface area contributed by atoms with Gasteiger partial charge in [0.15, 0.2) is 0 Å². The SMILES string of the molecule is CCC(NCc1cncs1)C(=O)OC. The van der Waals surface area contributed by atoms with E-state index in [-0.39, 0.29) is 12.0 Å². The van der Waals surface area contributed by atoms with E-state index in [1.165, 1.54) is 7.11 Å². The topological polar surface area (TPSA) is 51.2 Å². The molecular weight excluding hydrogens is 200 g/mol. The molecule has 0 saturated carbocycles. The molecule has 0 aliphatic rings. The molecule has 5 heteroatoms. The van der Waals surface area contributed by atoms with E-state index >= 15 is 0 Å². The third-order valence-electron chi connectivity index (χ3n) is 1.90. The van der Waals surface area contributed by atoms with E-state index in [0.717, 1.165) is 11.3 Å². The molecule has 0 saturated heterocycles. The van der Waals surface area contributed by atoms with Gasteiger partial charge in [0.2, 0.25) is 0 Å². The van der Waals surface area contributed by atoms with Gasteiger partial charge in [0, 0.05) is 17.6 Å². The van der Waals surface area contributed by atoms with Crippen LogP contribution in [0.3, 0.4) is 0 Å². The van der Waals surface area contributed by atoms with Gasteiger partial charge in [0.25, 0.3) is 0 Å². The number of nitrogens with zero attached hydrogens (tertiary/aromatic N) is 1. The number of aromatic nitrogens is 1. The fourth-order valence-corrected chi connectivity index (χ4v) is 1.64. The molecule has 14 heavy (non-hydrogen) atoms. The van der Waals surface area contributed by atoms with Crippen LogP contribution in [0.4, 0.5) is 0 Å². The molecule has 4 nitrogen and oxygen atoms in total. The van der Waals surface area contributed by atoms with E-state index in [2.05, 4.69) is 15.0 Å². The van der Waals surface area contributed by atoms with Crippen LogP contribution in [0.1, 0.15) is 18.2 Å². The molecule has 0 fully saturated rings. The number of carbonyl (C=O) groups is 1. The highest BCUT2D eigenvalue weighted by atomic mass is 32.1. The van der Waals surface area contributed by atoms with Crippen LogP contribution >= 0.6 is 11.3 Å². The Labute approximate surface area is 87.3 Å². The molecule has 0 aromatic carbocycles. The summed E-state index contributed by atoms with van der Waals surface area (Å²) in [6, 6.07) is -0.220. The van der Waals surface area contributed by atoms with Crippen LogP contribution < -0.4 is 5.32 Å². The van der Waals surface area contributed by atoms with Gasteiger partial charge in [-0.3, -0.25) is 15.1 Å². The molecule has 1 aromatic rings. The molecule has 78 valence electrons. The first-order valence-corrected chi connectivity index (χ1v) is 5.34. The lowest BCUT2D eigenvalue weighted by molar-refractivity contribution is -0.143. The maximum absolute atomic E-state index is 11.2. The van der Waals surface area contributed by atoms with Crippen molar-refractivity contribution in [3.8, 4) is 0 Å². The van der Waals surface area contributed by atoms with E-state index in [1.54, 1.807) is 23.0 Å². The van der Waals surface area contributed by atoms with Crippen LogP contribution in [-0.2, 0) is 16.1 Å². The van der Waals surface area contributed by atoms with Gasteiger partial charge >= 0.3 is 5.97 Å². The van der Waals surface area contributed by atoms with Gasteiger partial charge < -0.3 is 4.74 Å². The maximum Gasteiger partial charge on any atom is 0.322 e. The molecule has 0 bridgehead atoms. The van der Waals surface area contributed by atoms with Crippen LogP contribution in [0.15, 0.2) is 11.7 Å². The van der Waals surface area contributed by atoms with Crippen LogP contribution in [0.2, 0.25) is 0 Å². The summed E-state index contributed by atoms with van der Waals surface area (Å²) in [4.78, 5) is 16.3. The summed E-state index contributed by atoms with van der Waals surface area (Å²) in [6.07, 6.45) is 2.52. The smallest absolute Gasteiger partial charge is 0.322 e. The van der Waals surface area contributed by atoms with Crippen molar-refractivity contribution in [3.05, 3.63) is 16.6 Å². The number of rotatable bonds is 5. The number of carbonyl (C=O) groups excluding carboxylic acids is 1. The third-order valence-corrected chi connectivity index (χ3v) is 2.68. The van der Waals surface area contributed by atoms with Crippen molar-refractivity contribution in [1.29, 1.82) is 0 Å². The fourth-order valence-electron chi connectivity index (χ4n) is 1.09. The Morgan fingerprint density at radius 1 is 1.79 bits per heavy atom. The second-order valence-corrected chi connectivity index (χ2v) is 3.80. The number of hydrogen-bond acceptors (Lipinski definition) is 5. The Morgan fingerprint density at radius 3 is 3.07 bits per heavy atom. The molecule has 1 aromatic heterocycles. The summed E-state index contributed by atoms with van der Waals surface area (Å²) in [5.41, 5.74) is 1.77. The van der Waals surface area contributed by atoms with Crippen LogP contribution in [0, 0.1) is 0 Å². The number of thiazole rings is 1. The third kappa shape index (κ3) is 3.08. The van der Waals surface area contributed by atoms with E-state index in [0.29, 0.717) is 6.54 Å².